The number of aromatic carboxylic acids is 1. The fraction of sp³-hybridized carbons (Fsp3) is 0.0769. The summed E-state index contributed by atoms with van der Waals surface area (Å²) >= 11 is 0. The Morgan fingerprint density at radius 1 is 1.19 bits per heavy atom. The maximum Gasteiger partial charge on any atom is 0.573 e. The average Bonchev–Trinajstić information content (AvgIpc) is 2.37. The van der Waals surface area contributed by atoms with Gasteiger partial charge in [0.25, 0.3) is 0 Å². The summed E-state index contributed by atoms with van der Waals surface area (Å²) in [5.41, 5.74) is 0.653. The van der Waals surface area contributed by atoms with E-state index in [0.717, 1.165) is 0 Å². The molecule has 0 unspecified atom stereocenters. The van der Waals surface area contributed by atoms with Gasteiger partial charge in [0, 0.05) is 11.8 Å². The number of pyridine rings is 1. The number of halogens is 3. The maximum atomic E-state index is 12.1. The molecule has 0 bridgehead atoms. The highest BCUT2D eigenvalue weighted by Crippen LogP contribution is 2.26. The number of nitrogens with zero attached hydrogens (tertiary/aromatic N) is 1. The number of ether oxygens (including phenoxy) is 1. The molecule has 5 nitrogen and oxygen atoms in total. The molecular formula is C13H9F3N2O3. The lowest BCUT2D eigenvalue weighted by molar-refractivity contribution is -0.274. The first-order valence-corrected chi connectivity index (χ1v) is 5.66. The molecule has 21 heavy (non-hydrogen) atoms. The minimum atomic E-state index is -4.76. The smallest absolute Gasteiger partial charge is 0.477 e. The topological polar surface area (TPSA) is 71.5 Å². The van der Waals surface area contributed by atoms with Crippen LogP contribution in [0.4, 0.5) is 24.5 Å². The molecule has 2 rings (SSSR count). The number of anilines is 2. The highest BCUT2D eigenvalue weighted by atomic mass is 19.4. The molecular weight excluding hydrogens is 289 g/mol. The summed E-state index contributed by atoms with van der Waals surface area (Å²) in [6.07, 6.45) is -3.50. The fourth-order valence-corrected chi connectivity index (χ4v) is 1.53. The molecule has 0 saturated carbocycles. The normalized spacial score (nSPS) is 11.0. The van der Waals surface area contributed by atoms with Gasteiger partial charge < -0.3 is 15.2 Å². The van der Waals surface area contributed by atoms with Crippen molar-refractivity contribution in [3.05, 3.63) is 48.3 Å². The van der Waals surface area contributed by atoms with Crippen molar-refractivity contribution in [1.29, 1.82) is 0 Å². The Morgan fingerprint density at radius 3 is 2.52 bits per heavy atom. The Hall–Kier alpha value is -2.77. The Balaban J connectivity index is 2.12. The zero-order chi connectivity index (χ0) is 15.5. The number of hydrogen-bond donors (Lipinski definition) is 2. The van der Waals surface area contributed by atoms with Crippen molar-refractivity contribution in [2.75, 3.05) is 5.32 Å². The third-order valence-corrected chi connectivity index (χ3v) is 2.34. The van der Waals surface area contributed by atoms with Crippen LogP contribution in [-0.2, 0) is 0 Å². The molecule has 0 aliphatic heterocycles. The van der Waals surface area contributed by atoms with Gasteiger partial charge in [-0.05, 0) is 24.3 Å². The van der Waals surface area contributed by atoms with Crippen LogP contribution in [0.25, 0.3) is 0 Å². The SMILES string of the molecule is O=C(O)c1ccc(Nc2cccc(OC(F)(F)F)c2)cn1. The molecule has 0 aliphatic carbocycles. The first-order chi connectivity index (χ1) is 9.83. The van der Waals surface area contributed by atoms with Gasteiger partial charge >= 0.3 is 12.3 Å². The van der Waals surface area contributed by atoms with E-state index in [1.54, 1.807) is 0 Å². The number of nitrogens with one attached hydrogen (secondary N) is 1. The second-order valence-corrected chi connectivity index (χ2v) is 3.94. The number of aromatic nitrogens is 1. The van der Waals surface area contributed by atoms with E-state index in [1.165, 1.54) is 42.6 Å². The van der Waals surface area contributed by atoms with E-state index in [1.807, 2.05) is 0 Å². The number of benzene rings is 1. The Labute approximate surface area is 117 Å². The van der Waals surface area contributed by atoms with Gasteiger partial charge in [0.2, 0.25) is 0 Å². The van der Waals surface area contributed by atoms with Crippen LogP contribution in [0.3, 0.4) is 0 Å². The zero-order valence-electron chi connectivity index (χ0n) is 10.4. The molecule has 2 aromatic rings. The first-order valence-electron chi connectivity index (χ1n) is 5.66. The van der Waals surface area contributed by atoms with Crippen LogP contribution in [0.2, 0.25) is 0 Å². The quantitative estimate of drug-likeness (QED) is 0.905. The van der Waals surface area contributed by atoms with Crippen molar-refractivity contribution in [3.63, 3.8) is 0 Å². The van der Waals surface area contributed by atoms with Crippen LogP contribution < -0.4 is 10.1 Å². The van der Waals surface area contributed by atoms with Crippen LogP contribution in [0.5, 0.6) is 5.75 Å². The summed E-state index contributed by atoms with van der Waals surface area (Å²) in [5.74, 6) is -1.52. The Bertz CT molecular complexity index is 642. The van der Waals surface area contributed by atoms with E-state index in [9.17, 15) is 18.0 Å². The number of hydrogen-bond acceptors (Lipinski definition) is 4. The minimum Gasteiger partial charge on any atom is -0.477 e. The van der Waals surface area contributed by atoms with E-state index in [2.05, 4.69) is 15.0 Å². The van der Waals surface area contributed by atoms with Crippen LogP contribution in [0.1, 0.15) is 10.5 Å². The van der Waals surface area contributed by atoms with Crippen LogP contribution >= 0.6 is 0 Å². The van der Waals surface area contributed by atoms with Crippen molar-refractivity contribution in [3.8, 4) is 5.75 Å². The zero-order valence-corrected chi connectivity index (χ0v) is 10.4. The third-order valence-electron chi connectivity index (χ3n) is 2.34. The molecule has 0 aliphatic rings. The van der Waals surface area contributed by atoms with Gasteiger partial charge in [-0.1, -0.05) is 6.07 Å². The lowest BCUT2D eigenvalue weighted by atomic mass is 10.2. The van der Waals surface area contributed by atoms with Gasteiger partial charge in [-0.3, -0.25) is 0 Å². The average molecular weight is 298 g/mol. The predicted octanol–water partition coefficient (Wildman–Crippen LogP) is 3.42. The highest BCUT2D eigenvalue weighted by Gasteiger charge is 2.31. The van der Waals surface area contributed by atoms with Crippen molar-refractivity contribution in [2.24, 2.45) is 0 Å². The summed E-state index contributed by atoms with van der Waals surface area (Å²) in [7, 11) is 0. The highest BCUT2D eigenvalue weighted by molar-refractivity contribution is 5.85. The molecule has 0 saturated heterocycles. The fourth-order valence-electron chi connectivity index (χ4n) is 1.53. The molecule has 1 aromatic carbocycles. The molecule has 0 fully saturated rings. The van der Waals surface area contributed by atoms with Crippen molar-refractivity contribution in [1.82, 2.24) is 4.98 Å². The van der Waals surface area contributed by atoms with E-state index in [4.69, 9.17) is 5.11 Å². The van der Waals surface area contributed by atoms with Gasteiger partial charge in [-0.15, -0.1) is 13.2 Å². The molecule has 110 valence electrons. The van der Waals surface area contributed by atoms with Crippen molar-refractivity contribution in [2.45, 2.75) is 6.36 Å². The second-order valence-electron chi connectivity index (χ2n) is 3.94. The first kappa shape index (κ1) is 14.6. The van der Waals surface area contributed by atoms with Crippen molar-refractivity contribution < 1.29 is 27.8 Å². The lowest BCUT2D eigenvalue weighted by Gasteiger charge is -2.11. The number of alkyl halides is 3. The summed E-state index contributed by atoms with van der Waals surface area (Å²) in [6, 6.07) is 7.99. The molecule has 1 heterocycles. The number of rotatable bonds is 4. The number of carbonyl (C=O) groups is 1. The van der Waals surface area contributed by atoms with Crippen LogP contribution in [0.15, 0.2) is 42.6 Å². The van der Waals surface area contributed by atoms with E-state index < -0.39 is 12.3 Å². The van der Waals surface area contributed by atoms with Gasteiger partial charge in [-0.25, -0.2) is 9.78 Å². The van der Waals surface area contributed by atoms with Gasteiger partial charge in [-0.2, -0.15) is 0 Å². The Morgan fingerprint density at radius 2 is 1.95 bits per heavy atom. The number of carboxylic acids is 1. The molecule has 0 radical (unpaired) electrons. The molecule has 0 amide bonds. The summed E-state index contributed by atoms with van der Waals surface area (Å²) in [5, 5.41) is 11.5. The maximum absolute atomic E-state index is 12.1. The van der Waals surface area contributed by atoms with Gasteiger partial charge in [0.05, 0.1) is 11.9 Å². The molecule has 2 N–H and O–H groups in total. The number of carboxylic acid groups (broad SMARTS) is 1. The Kier molecular flexibility index (Phi) is 3.97. The lowest BCUT2D eigenvalue weighted by Crippen LogP contribution is -2.17. The molecule has 1 aromatic heterocycles. The molecule has 0 spiro atoms. The monoisotopic (exact) mass is 298 g/mol. The van der Waals surface area contributed by atoms with E-state index in [0.29, 0.717) is 11.4 Å². The largest absolute Gasteiger partial charge is 0.573 e. The van der Waals surface area contributed by atoms with Crippen LogP contribution in [0, 0.1) is 0 Å². The van der Waals surface area contributed by atoms with Crippen LogP contribution in [-0.4, -0.2) is 22.4 Å². The van der Waals surface area contributed by atoms with Gasteiger partial charge in [0.15, 0.2) is 0 Å². The van der Waals surface area contributed by atoms with E-state index >= 15 is 0 Å². The summed E-state index contributed by atoms with van der Waals surface area (Å²) in [6.45, 7) is 0. The molecule has 0 atom stereocenters. The third kappa shape index (κ3) is 4.37. The minimum absolute atomic E-state index is 0.130. The standard InChI is InChI=1S/C13H9F3N2O3/c14-13(15,16)21-10-3-1-2-8(6-10)18-9-4-5-11(12(19)20)17-7-9/h1-7,18H,(H,19,20). The van der Waals surface area contributed by atoms with Gasteiger partial charge in [0.1, 0.15) is 11.4 Å². The van der Waals surface area contributed by atoms with E-state index in [-0.39, 0.29) is 11.4 Å². The molecule has 8 heteroatoms. The summed E-state index contributed by atoms with van der Waals surface area (Å²) < 4.78 is 40.1. The van der Waals surface area contributed by atoms with Crippen molar-refractivity contribution >= 4 is 17.3 Å². The predicted molar refractivity (Wildman–Crippen MR) is 67.6 cm³/mol. The summed E-state index contributed by atoms with van der Waals surface area (Å²) in [4.78, 5) is 14.3. The second kappa shape index (κ2) is 5.70.